The first-order chi connectivity index (χ1) is 8.72. The number of carbonyl (C=O) groups is 1. The van der Waals surface area contributed by atoms with Gasteiger partial charge in [0, 0.05) is 11.8 Å². The molecular weight excluding hydrogens is 231 g/mol. The number of pyridine rings is 1. The third kappa shape index (κ3) is 2.53. The second-order valence-electron chi connectivity index (χ2n) is 3.96. The zero-order chi connectivity index (χ0) is 13.0. The monoisotopic (exact) mass is 244 g/mol. The topological polar surface area (TPSA) is 42.0 Å². The van der Waals surface area contributed by atoms with Gasteiger partial charge in [0.25, 0.3) is 0 Å². The summed E-state index contributed by atoms with van der Waals surface area (Å²) >= 11 is 0. The van der Waals surface area contributed by atoms with Gasteiger partial charge in [0.2, 0.25) is 6.41 Å². The first kappa shape index (κ1) is 12.2. The van der Waals surface area contributed by atoms with Gasteiger partial charge >= 0.3 is 0 Å². The van der Waals surface area contributed by atoms with Crippen LogP contribution in [0.4, 0.5) is 4.39 Å². The summed E-state index contributed by atoms with van der Waals surface area (Å²) in [6.07, 6.45) is 2.22. The smallest absolute Gasteiger partial charge is 0.207 e. The number of hydrogen-bond donors (Lipinski definition) is 1. The lowest BCUT2D eigenvalue weighted by Crippen LogP contribution is -2.15. The minimum absolute atomic E-state index is 0.0647. The predicted octanol–water partition coefficient (Wildman–Crippen LogP) is 2.69. The molecule has 0 bridgehead atoms. The Morgan fingerprint density at radius 2 is 2.00 bits per heavy atom. The van der Waals surface area contributed by atoms with Crippen molar-refractivity contribution in [3.8, 4) is 11.3 Å². The lowest BCUT2D eigenvalue weighted by atomic mass is 10.0. The van der Waals surface area contributed by atoms with Crippen molar-refractivity contribution in [3.63, 3.8) is 0 Å². The molecule has 2 rings (SSSR count). The largest absolute Gasteiger partial charge is 0.352 e. The minimum Gasteiger partial charge on any atom is -0.352 e. The molecule has 2 aromatic rings. The van der Waals surface area contributed by atoms with E-state index in [9.17, 15) is 9.18 Å². The second kappa shape index (κ2) is 5.40. The summed E-state index contributed by atoms with van der Waals surface area (Å²) in [5.41, 5.74) is 2.01. The average molecular weight is 244 g/mol. The van der Waals surface area contributed by atoms with Gasteiger partial charge in [-0.25, -0.2) is 4.39 Å². The molecule has 0 aliphatic heterocycles. The van der Waals surface area contributed by atoms with Crippen molar-refractivity contribution >= 4 is 6.41 Å². The van der Waals surface area contributed by atoms with E-state index in [2.05, 4.69) is 10.3 Å². The van der Waals surface area contributed by atoms with Crippen LogP contribution in [0.3, 0.4) is 0 Å². The van der Waals surface area contributed by atoms with E-state index in [4.69, 9.17) is 0 Å². The van der Waals surface area contributed by atoms with Gasteiger partial charge in [-0.3, -0.25) is 9.78 Å². The van der Waals surface area contributed by atoms with Crippen LogP contribution in [0.1, 0.15) is 18.5 Å². The zero-order valence-electron chi connectivity index (χ0n) is 9.93. The molecule has 1 N–H and O–H groups in total. The Morgan fingerprint density at radius 1 is 1.28 bits per heavy atom. The highest BCUT2D eigenvalue weighted by molar-refractivity contribution is 5.60. The molecule has 1 amide bonds. The van der Waals surface area contributed by atoms with E-state index in [0.29, 0.717) is 12.1 Å². The van der Waals surface area contributed by atoms with Gasteiger partial charge in [-0.15, -0.1) is 0 Å². The normalized spacial score (nSPS) is 11.9. The van der Waals surface area contributed by atoms with Crippen molar-refractivity contribution in [2.45, 2.75) is 13.0 Å². The second-order valence-corrected chi connectivity index (χ2v) is 3.96. The number of benzene rings is 1. The first-order valence-corrected chi connectivity index (χ1v) is 5.63. The molecular formula is C14H13FN2O. The highest BCUT2D eigenvalue weighted by Crippen LogP contribution is 2.22. The van der Waals surface area contributed by atoms with Crippen molar-refractivity contribution in [1.82, 2.24) is 10.3 Å². The quantitative estimate of drug-likeness (QED) is 0.840. The SMILES string of the molecule is CC(NC=O)c1ccc(-c2ncccc2F)cc1. The van der Waals surface area contributed by atoms with Gasteiger partial charge in [0.15, 0.2) is 0 Å². The number of nitrogens with zero attached hydrogens (tertiary/aromatic N) is 1. The van der Waals surface area contributed by atoms with Crippen molar-refractivity contribution in [2.24, 2.45) is 0 Å². The Balaban J connectivity index is 2.28. The molecule has 0 saturated carbocycles. The molecule has 0 fully saturated rings. The summed E-state index contributed by atoms with van der Waals surface area (Å²) in [7, 11) is 0. The van der Waals surface area contributed by atoms with E-state index in [1.54, 1.807) is 24.4 Å². The summed E-state index contributed by atoms with van der Waals surface area (Å²) in [5, 5.41) is 2.66. The van der Waals surface area contributed by atoms with Crippen LogP contribution >= 0.6 is 0 Å². The molecule has 4 heteroatoms. The highest BCUT2D eigenvalue weighted by Gasteiger charge is 2.07. The van der Waals surface area contributed by atoms with E-state index in [-0.39, 0.29) is 11.9 Å². The van der Waals surface area contributed by atoms with Crippen LogP contribution < -0.4 is 5.32 Å². The van der Waals surface area contributed by atoms with Gasteiger partial charge in [0.05, 0.1) is 6.04 Å². The number of hydrogen-bond acceptors (Lipinski definition) is 2. The fourth-order valence-corrected chi connectivity index (χ4v) is 1.73. The minimum atomic E-state index is -0.343. The molecule has 0 radical (unpaired) electrons. The van der Waals surface area contributed by atoms with Crippen LogP contribution in [0, 0.1) is 5.82 Å². The van der Waals surface area contributed by atoms with E-state index < -0.39 is 0 Å². The van der Waals surface area contributed by atoms with E-state index in [1.807, 2.05) is 19.1 Å². The third-order valence-corrected chi connectivity index (χ3v) is 2.76. The molecule has 1 unspecified atom stereocenters. The standard InChI is InChI=1S/C14H13FN2O/c1-10(17-9-18)11-4-6-12(7-5-11)14-13(15)3-2-8-16-14/h2-10H,1H3,(H,17,18). The maximum Gasteiger partial charge on any atom is 0.207 e. The fraction of sp³-hybridized carbons (Fsp3) is 0.143. The zero-order valence-corrected chi connectivity index (χ0v) is 9.93. The van der Waals surface area contributed by atoms with Crippen LogP contribution in [-0.2, 0) is 4.79 Å². The van der Waals surface area contributed by atoms with E-state index in [1.165, 1.54) is 6.07 Å². The maximum absolute atomic E-state index is 13.5. The number of carbonyl (C=O) groups excluding carboxylic acids is 1. The maximum atomic E-state index is 13.5. The molecule has 92 valence electrons. The molecule has 1 atom stereocenters. The molecule has 0 aliphatic rings. The van der Waals surface area contributed by atoms with Gasteiger partial charge in [0.1, 0.15) is 11.5 Å². The molecule has 1 heterocycles. The van der Waals surface area contributed by atoms with Crippen LogP contribution in [0.15, 0.2) is 42.6 Å². The molecule has 18 heavy (non-hydrogen) atoms. The van der Waals surface area contributed by atoms with Crippen LogP contribution in [0.25, 0.3) is 11.3 Å². The predicted molar refractivity (Wildman–Crippen MR) is 67.2 cm³/mol. The summed E-state index contributed by atoms with van der Waals surface area (Å²) in [6, 6.07) is 10.2. The number of aromatic nitrogens is 1. The Morgan fingerprint density at radius 3 is 2.61 bits per heavy atom. The lowest BCUT2D eigenvalue weighted by Gasteiger charge is -2.11. The molecule has 0 aliphatic carbocycles. The van der Waals surface area contributed by atoms with Crippen molar-refractivity contribution in [3.05, 3.63) is 54.0 Å². The van der Waals surface area contributed by atoms with Gasteiger partial charge < -0.3 is 5.32 Å². The van der Waals surface area contributed by atoms with Crippen molar-refractivity contribution in [1.29, 1.82) is 0 Å². The Hall–Kier alpha value is -2.23. The number of halogens is 1. The van der Waals surface area contributed by atoms with Crippen LogP contribution in [0.2, 0.25) is 0 Å². The summed E-state index contributed by atoms with van der Waals surface area (Å²) in [6.45, 7) is 1.88. The number of nitrogens with one attached hydrogen (secondary N) is 1. The summed E-state index contributed by atoms with van der Waals surface area (Å²) in [4.78, 5) is 14.4. The fourth-order valence-electron chi connectivity index (χ4n) is 1.73. The third-order valence-electron chi connectivity index (χ3n) is 2.76. The number of amides is 1. The Labute approximate surface area is 105 Å². The highest BCUT2D eigenvalue weighted by atomic mass is 19.1. The van der Waals surface area contributed by atoms with Crippen LogP contribution in [-0.4, -0.2) is 11.4 Å². The van der Waals surface area contributed by atoms with E-state index in [0.717, 1.165) is 11.1 Å². The van der Waals surface area contributed by atoms with Crippen molar-refractivity contribution in [2.75, 3.05) is 0 Å². The summed E-state index contributed by atoms with van der Waals surface area (Å²) < 4.78 is 13.5. The van der Waals surface area contributed by atoms with Crippen LogP contribution in [0.5, 0.6) is 0 Å². The molecule has 0 saturated heterocycles. The van der Waals surface area contributed by atoms with Crippen molar-refractivity contribution < 1.29 is 9.18 Å². The molecule has 1 aromatic heterocycles. The average Bonchev–Trinajstić information content (AvgIpc) is 2.40. The Kier molecular flexibility index (Phi) is 3.67. The van der Waals surface area contributed by atoms with Gasteiger partial charge in [-0.1, -0.05) is 24.3 Å². The Bertz CT molecular complexity index is 540. The van der Waals surface area contributed by atoms with E-state index >= 15 is 0 Å². The lowest BCUT2D eigenvalue weighted by molar-refractivity contribution is -0.110. The molecule has 0 spiro atoms. The van der Waals surface area contributed by atoms with Gasteiger partial charge in [-0.2, -0.15) is 0 Å². The van der Waals surface area contributed by atoms with Gasteiger partial charge in [-0.05, 0) is 24.6 Å². The molecule has 3 nitrogen and oxygen atoms in total. The first-order valence-electron chi connectivity index (χ1n) is 5.63. The summed E-state index contributed by atoms with van der Waals surface area (Å²) in [5.74, 6) is -0.343. The molecule has 1 aromatic carbocycles. The number of rotatable bonds is 4.